The highest BCUT2D eigenvalue weighted by molar-refractivity contribution is 4.73. The number of aliphatic hydroxyl groups is 3. The molecule has 0 bridgehead atoms. The Bertz CT molecular complexity index is 104. The molecule has 0 saturated heterocycles. The molecule has 0 amide bonds. The van der Waals surface area contributed by atoms with Crippen molar-refractivity contribution in [2.24, 2.45) is 11.8 Å². The second-order valence-electron chi connectivity index (χ2n) is 3.34. The molecule has 0 heterocycles. The molecule has 0 aromatic heterocycles. The maximum absolute atomic E-state index is 9.43. The normalized spacial score (nSPS) is 19.9. The molecular formula is C8H18O3. The van der Waals surface area contributed by atoms with Gasteiger partial charge in [0.05, 0.1) is 18.8 Å². The lowest BCUT2D eigenvalue weighted by atomic mass is 9.91. The first-order valence-electron chi connectivity index (χ1n) is 3.97. The second kappa shape index (κ2) is 4.70. The lowest BCUT2D eigenvalue weighted by molar-refractivity contribution is -0.0253. The Morgan fingerprint density at radius 1 is 1.09 bits per heavy atom. The van der Waals surface area contributed by atoms with E-state index in [1.807, 2.05) is 13.8 Å². The smallest absolute Gasteiger partial charge is 0.0821 e. The fourth-order valence-corrected chi connectivity index (χ4v) is 1.00. The van der Waals surface area contributed by atoms with Gasteiger partial charge in [-0.1, -0.05) is 20.8 Å². The summed E-state index contributed by atoms with van der Waals surface area (Å²) < 4.78 is 0. The third kappa shape index (κ3) is 3.18. The molecule has 0 aromatic carbocycles. The quantitative estimate of drug-likeness (QED) is 0.545. The van der Waals surface area contributed by atoms with Crippen LogP contribution in [0.3, 0.4) is 0 Å². The molecule has 3 nitrogen and oxygen atoms in total. The van der Waals surface area contributed by atoms with E-state index in [1.54, 1.807) is 6.92 Å². The van der Waals surface area contributed by atoms with Crippen molar-refractivity contribution in [2.45, 2.75) is 33.0 Å². The standard InChI is InChI=1S/C8H18O3/c1-5(2)8(11)6(3)7(10)4-9/h5-11H,4H2,1-3H3. The van der Waals surface area contributed by atoms with E-state index in [0.29, 0.717) is 0 Å². The summed E-state index contributed by atoms with van der Waals surface area (Å²) in [4.78, 5) is 0. The Labute approximate surface area is 67.7 Å². The van der Waals surface area contributed by atoms with E-state index in [4.69, 9.17) is 10.2 Å². The third-order valence-electron chi connectivity index (χ3n) is 2.02. The zero-order valence-corrected chi connectivity index (χ0v) is 7.36. The number of aliphatic hydroxyl groups excluding tert-OH is 3. The van der Waals surface area contributed by atoms with Crippen LogP contribution in [0.1, 0.15) is 20.8 Å². The van der Waals surface area contributed by atoms with Gasteiger partial charge in [-0.2, -0.15) is 0 Å². The van der Waals surface area contributed by atoms with Gasteiger partial charge in [-0.05, 0) is 5.92 Å². The fourth-order valence-electron chi connectivity index (χ4n) is 1.00. The number of hydrogen-bond donors (Lipinski definition) is 3. The SMILES string of the molecule is CC(C)C(O)C(C)C(O)CO. The van der Waals surface area contributed by atoms with Gasteiger partial charge in [0, 0.05) is 5.92 Å². The molecule has 0 saturated carbocycles. The topological polar surface area (TPSA) is 60.7 Å². The van der Waals surface area contributed by atoms with Crippen LogP contribution < -0.4 is 0 Å². The number of rotatable bonds is 4. The van der Waals surface area contributed by atoms with Crippen molar-refractivity contribution >= 4 is 0 Å². The van der Waals surface area contributed by atoms with Crippen LogP contribution in [-0.4, -0.2) is 34.1 Å². The predicted molar refractivity (Wildman–Crippen MR) is 43.1 cm³/mol. The van der Waals surface area contributed by atoms with Gasteiger partial charge in [0.25, 0.3) is 0 Å². The minimum Gasteiger partial charge on any atom is -0.394 e. The van der Waals surface area contributed by atoms with Gasteiger partial charge in [-0.15, -0.1) is 0 Å². The summed E-state index contributed by atoms with van der Waals surface area (Å²) >= 11 is 0. The Morgan fingerprint density at radius 3 is 1.82 bits per heavy atom. The average Bonchev–Trinajstić information content (AvgIpc) is 2.00. The molecule has 0 aromatic rings. The minimum atomic E-state index is -0.813. The minimum absolute atomic E-state index is 0.117. The van der Waals surface area contributed by atoms with Gasteiger partial charge in [0.2, 0.25) is 0 Å². The Morgan fingerprint density at radius 2 is 1.55 bits per heavy atom. The van der Waals surface area contributed by atoms with Crippen LogP contribution in [-0.2, 0) is 0 Å². The van der Waals surface area contributed by atoms with Crippen LogP contribution in [0.2, 0.25) is 0 Å². The summed E-state index contributed by atoms with van der Waals surface area (Å²) in [5.74, 6) is -0.147. The molecule has 3 N–H and O–H groups in total. The third-order valence-corrected chi connectivity index (χ3v) is 2.02. The van der Waals surface area contributed by atoms with Gasteiger partial charge >= 0.3 is 0 Å². The maximum atomic E-state index is 9.43. The van der Waals surface area contributed by atoms with Crippen molar-refractivity contribution in [3.63, 3.8) is 0 Å². The van der Waals surface area contributed by atoms with Crippen LogP contribution in [0.5, 0.6) is 0 Å². The molecule has 0 aliphatic carbocycles. The lowest BCUT2D eigenvalue weighted by Crippen LogP contribution is -2.34. The zero-order chi connectivity index (χ0) is 9.02. The van der Waals surface area contributed by atoms with Crippen molar-refractivity contribution in [1.29, 1.82) is 0 Å². The average molecular weight is 162 g/mol. The van der Waals surface area contributed by atoms with Gasteiger partial charge in [0.15, 0.2) is 0 Å². The summed E-state index contributed by atoms with van der Waals surface area (Å²) in [5.41, 5.74) is 0. The van der Waals surface area contributed by atoms with E-state index in [0.717, 1.165) is 0 Å². The summed E-state index contributed by atoms with van der Waals surface area (Å²) in [7, 11) is 0. The van der Waals surface area contributed by atoms with E-state index in [2.05, 4.69) is 0 Å². The molecule has 0 radical (unpaired) electrons. The van der Waals surface area contributed by atoms with E-state index >= 15 is 0 Å². The van der Waals surface area contributed by atoms with E-state index in [1.165, 1.54) is 0 Å². The first-order chi connectivity index (χ1) is 5.00. The van der Waals surface area contributed by atoms with Crippen LogP contribution in [0.4, 0.5) is 0 Å². The van der Waals surface area contributed by atoms with Crippen LogP contribution in [0.25, 0.3) is 0 Å². The molecule has 68 valence electrons. The highest BCUT2D eigenvalue weighted by Crippen LogP contribution is 2.15. The largest absolute Gasteiger partial charge is 0.394 e. The molecule has 3 atom stereocenters. The van der Waals surface area contributed by atoms with Crippen molar-refractivity contribution in [2.75, 3.05) is 6.61 Å². The summed E-state index contributed by atoms with van der Waals surface area (Å²) in [6, 6.07) is 0. The molecule has 3 heteroatoms. The summed E-state index contributed by atoms with van der Waals surface area (Å²) in [6.45, 7) is 5.20. The van der Waals surface area contributed by atoms with Gasteiger partial charge in [-0.25, -0.2) is 0 Å². The second-order valence-corrected chi connectivity index (χ2v) is 3.34. The first kappa shape index (κ1) is 10.9. The lowest BCUT2D eigenvalue weighted by Gasteiger charge is -2.25. The molecule has 0 rings (SSSR count). The molecule has 0 aliphatic heterocycles. The highest BCUT2D eigenvalue weighted by atomic mass is 16.3. The van der Waals surface area contributed by atoms with Crippen LogP contribution in [0.15, 0.2) is 0 Å². The molecule has 3 unspecified atom stereocenters. The first-order valence-corrected chi connectivity index (χ1v) is 3.97. The van der Waals surface area contributed by atoms with Crippen molar-refractivity contribution in [1.82, 2.24) is 0 Å². The van der Waals surface area contributed by atoms with Crippen LogP contribution in [0, 0.1) is 11.8 Å². The van der Waals surface area contributed by atoms with Crippen molar-refractivity contribution < 1.29 is 15.3 Å². The van der Waals surface area contributed by atoms with Crippen molar-refractivity contribution in [3.05, 3.63) is 0 Å². The van der Waals surface area contributed by atoms with Gasteiger partial charge < -0.3 is 15.3 Å². The summed E-state index contributed by atoms with van der Waals surface area (Å²) in [5, 5.41) is 27.1. The van der Waals surface area contributed by atoms with Gasteiger partial charge in [0.1, 0.15) is 0 Å². The van der Waals surface area contributed by atoms with E-state index in [9.17, 15) is 5.11 Å². The van der Waals surface area contributed by atoms with Crippen LogP contribution >= 0.6 is 0 Å². The van der Waals surface area contributed by atoms with E-state index < -0.39 is 12.2 Å². The van der Waals surface area contributed by atoms with E-state index in [-0.39, 0.29) is 18.4 Å². The molecule has 0 fully saturated rings. The fraction of sp³-hybridized carbons (Fsp3) is 1.00. The molecule has 0 aliphatic rings. The molecular weight excluding hydrogens is 144 g/mol. The molecule has 0 spiro atoms. The Hall–Kier alpha value is -0.120. The summed E-state index contributed by atoms with van der Waals surface area (Å²) in [6.07, 6.45) is -1.36. The monoisotopic (exact) mass is 162 g/mol. The Balaban J connectivity index is 3.90. The highest BCUT2D eigenvalue weighted by Gasteiger charge is 2.23. The Kier molecular flexibility index (Phi) is 4.65. The zero-order valence-electron chi connectivity index (χ0n) is 7.36. The number of hydrogen-bond acceptors (Lipinski definition) is 3. The molecule has 11 heavy (non-hydrogen) atoms. The predicted octanol–water partition coefficient (Wildman–Crippen LogP) is -0.00740. The van der Waals surface area contributed by atoms with Crippen molar-refractivity contribution in [3.8, 4) is 0 Å². The maximum Gasteiger partial charge on any atom is 0.0821 e. The van der Waals surface area contributed by atoms with Gasteiger partial charge in [-0.3, -0.25) is 0 Å².